The number of phenols is 1. The fourth-order valence-electron chi connectivity index (χ4n) is 3.17. The Labute approximate surface area is 180 Å². The van der Waals surface area contributed by atoms with Crippen LogP contribution in [0.3, 0.4) is 0 Å². The molecule has 1 aliphatic heterocycles. The molecule has 6 nitrogen and oxygen atoms in total. The number of benzene rings is 2. The minimum Gasteiger partial charge on any atom is -0.504 e. The number of ether oxygens (including phenoxy) is 1. The van der Waals surface area contributed by atoms with Gasteiger partial charge in [-0.1, -0.05) is 18.2 Å². The van der Waals surface area contributed by atoms with Gasteiger partial charge in [-0.2, -0.15) is 0 Å². The topological polar surface area (TPSA) is 78.9 Å². The van der Waals surface area contributed by atoms with Crippen molar-refractivity contribution in [1.29, 1.82) is 0 Å². The van der Waals surface area contributed by atoms with E-state index in [2.05, 4.69) is 11.9 Å². The van der Waals surface area contributed by atoms with Crippen LogP contribution in [0.2, 0.25) is 0 Å². The molecule has 2 aromatic rings. The zero-order chi connectivity index (χ0) is 21.8. The van der Waals surface area contributed by atoms with Crippen LogP contribution in [0.25, 0.3) is 6.08 Å². The number of carbonyl (C=O) groups is 2. The highest BCUT2D eigenvalue weighted by molar-refractivity contribution is 7.80. The molecule has 1 heterocycles. The standard InChI is InChI=1S/C23H22N2O4S/c1-4-7-16-11-15(13-19(20(16)26)29-5-2)12-18-21(27)24-23(30)25(22(18)28)17-9-6-8-14(3)10-17/h4,6,8-13,26H,1,5,7H2,2-3H3,(H,24,27,30). The van der Waals surface area contributed by atoms with E-state index in [-0.39, 0.29) is 22.2 Å². The van der Waals surface area contributed by atoms with Gasteiger partial charge in [-0.05, 0) is 74.0 Å². The van der Waals surface area contributed by atoms with Crippen molar-refractivity contribution in [1.82, 2.24) is 5.32 Å². The average molecular weight is 423 g/mol. The molecule has 7 heteroatoms. The zero-order valence-corrected chi connectivity index (χ0v) is 17.6. The van der Waals surface area contributed by atoms with Crippen molar-refractivity contribution in [2.45, 2.75) is 20.3 Å². The van der Waals surface area contributed by atoms with E-state index in [1.807, 2.05) is 25.1 Å². The summed E-state index contributed by atoms with van der Waals surface area (Å²) in [6.07, 6.45) is 3.53. The molecule has 0 bridgehead atoms. The summed E-state index contributed by atoms with van der Waals surface area (Å²) >= 11 is 5.23. The minimum atomic E-state index is -0.579. The summed E-state index contributed by atoms with van der Waals surface area (Å²) in [4.78, 5) is 27.0. The Morgan fingerprint density at radius 2 is 2.03 bits per heavy atom. The van der Waals surface area contributed by atoms with E-state index in [9.17, 15) is 14.7 Å². The third-order valence-corrected chi connectivity index (χ3v) is 4.80. The Morgan fingerprint density at radius 3 is 2.70 bits per heavy atom. The maximum absolute atomic E-state index is 13.2. The largest absolute Gasteiger partial charge is 0.504 e. The number of aryl methyl sites for hydroxylation is 1. The SMILES string of the molecule is C=CCc1cc(C=C2C(=O)NC(=S)N(c3cccc(C)c3)C2=O)cc(OCC)c1O. The Bertz CT molecular complexity index is 1070. The number of carbonyl (C=O) groups excluding carboxylic acids is 2. The van der Waals surface area contributed by atoms with Crippen molar-refractivity contribution < 1.29 is 19.4 Å². The van der Waals surface area contributed by atoms with E-state index in [1.54, 1.807) is 31.2 Å². The van der Waals surface area contributed by atoms with Gasteiger partial charge in [0, 0.05) is 5.56 Å². The van der Waals surface area contributed by atoms with Crippen LogP contribution in [0.5, 0.6) is 11.5 Å². The van der Waals surface area contributed by atoms with Gasteiger partial charge in [-0.3, -0.25) is 19.8 Å². The zero-order valence-electron chi connectivity index (χ0n) is 16.8. The van der Waals surface area contributed by atoms with E-state index in [1.165, 1.54) is 11.0 Å². The number of thiocarbonyl (C=S) groups is 1. The molecule has 1 aliphatic rings. The van der Waals surface area contributed by atoms with Crippen LogP contribution in [-0.4, -0.2) is 28.6 Å². The summed E-state index contributed by atoms with van der Waals surface area (Å²) in [7, 11) is 0. The number of allylic oxidation sites excluding steroid dienone is 1. The molecule has 2 amide bonds. The van der Waals surface area contributed by atoms with Crippen LogP contribution in [0, 0.1) is 6.92 Å². The Hall–Kier alpha value is -3.45. The summed E-state index contributed by atoms with van der Waals surface area (Å²) in [6, 6.07) is 10.6. The lowest BCUT2D eigenvalue weighted by molar-refractivity contribution is -0.122. The molecular formula is C23H22N2O4S. The number of nitrogens with one attached hydrogen (secondary N) is 1. The van der Waals surface area contributed by atoms with Gasteiger partial charge in [0.1, 0.15) is 5.57 Å². The number of aromatic hydroxyl groups is 1. The molecule has 0 atom stereocenters. The average Bonchev–Trinajstić information content (AvgIpc) is 2.69. The van der Waals surface area contributed by atoms with Gasteiger partial charge in [-0.15, -0.1) is 6.58 Å². The highest BCUT2D eigenvalue weighted by atomic mass is 32.1. The first-order chi connectivity index (χ1) is 14.3. The summed E-state index contributed by atoms with van der Waals surface area (Å²) in [5, 5.41) is 13.0. The van der Waals surface area contributed by atoms with Gasteiger partial charge in [0.05, 0.1) is 12.3 Å². The first-order valence-corrected chi connectivity index (χ1v) is 9.84. The van der Waals surface area contributed by atoms with Crippen LogP contribution < -0.4 is 15.0 Å². The molecule has 0 radical (unpaired) electrons. The molecular weight excluding hydrogens is 400 g/mol. The van der Waals surface area contributed by atoms with E-state index in [0.717, 1.165) is 5.56 Å². The molecule has 2 N–H and O–H groups in total. The lowest BCUT2D eigenvalue weighted by atomic mass is 10.0. The number of nitrogens with zero attached hydrogens (tertiary/aromatic N) is 1. The first-order valence-electron chi connectivity index (χ1n) is 9.43. The van der Waals surface area contributed by atoms with Crippen LogP contribution in [0.4, 0.5) is 5.69 Å². The smallest absolute Gasteiger partial charge is 0.270 e. The third-order valence-electron chi connectivity index (χ3n) is 4.51. The number of rotatable bonds is 6. The van der Waals surface area contributed by atoms with Gasteiger partial charge < -0.3 is 9.84 Å². The van der Waals surface area contributed by atoms with Gasteiger partial charge in [0.2, 0.25) is 0 Å². The summed E-state index contributed by atoms with van der Waals surface area (Å²) in [6.45, 7) is 7.76. The van der Waals surface area contributed by atoms with Crippen molar-refractivity contribution >= 4 is 40.9 Å². The van der Waals surface area contributed by atoms with Crippen molar-refractivity contribution in [3.8, 4) is 11.5 Å². The second-order valence-electron chi connectivity index (χ2n) is 6.75. The Kier molecular flexibility index (Phi) is 6.32. The first kappa shape index (κ1) is 21.3. The minimum absolute atomic E-state index is 0.0147. The molecule has 1 fully saturated rings. The van der Waals surface area contributed by atoms with Crippen molar-refractivity contribution in [3.63, 3.8) is 0 Å². The molecule has 30 heavy (non-hydrogen) atoms. The molecule has 3 rings (SSSR count). The van der Waals surface area contributed by atoms with Gasteiger partial charge >= 0.3 is 0 Å². The van der Waals surface area contributed by atoms with E-state index >= 15 is 0 Å². The Balaban J connectivity index is 2.07. The maximum Gasteiger partial charge on any atom is 0.270 e. The lowest BCUT2D eigenvalue weighted by Gasteiger charge is -2.29. The fraction of sp³-hybridized carbons (Fsp3) is 0.174. The summed E-state index contributed by atoms with van der Waals surface area (Å²) in [5.74, 6) is -0.810. The Morgan fingerprint density at radius 1 is 1.27 bits per heavy atom. The molecule has 0 unspecified atom stereocenters. The van der Waals surface area contributed by atoms with Gasteiger partial charge in [0.15, 0.2) is 16.6 Å². The third kappa shape index (κ3) is 4.26. The van der Waals surface area contributed by atoms with Crippen molar-refractivity contribution in [2.75, 3.05) is 11.5 Å². The predicted octanol–water partition coefficient (Wildman–Crippen LogP) is 3.66. The second-order valence-corrected chi connectivity index (χ2v) is 7.14. The molecule has 0 aromatic heterocycles. The number of hydrogen-bond donors (Lipinski definition) is 2. The highest BCUT2D eigenvalue weighted by Gasteiger charge is 2.34. The van der Waals surface area contributed by atoms with Crippen molar-refractivity contribution in [3.05, 3.63) is 71.3 Å². The molecule has 0 aliphatic carbocycles. The number of hydrogen-bond acceptors (Lipinski definition) is 5. The second kappa shape index (κ2) is 8.92. The van der Waals surface area contributed by atoms with Gasteiger partial charge in [0.25, 0.3) is 11.8 Å². The molecule has 1 saturated heterocycles. The lowest BCUT2D eigenvalue weighted by Crippen LogP contribution is -2.54. The molecule has 2 aromatic carbocycles. The molecule has 0 spiro atoms. The maximum atomic E-state index is 13.2. The van der Waals surface area contributed by atoms with Crippen molar-refractivity contribution in [2.24, 2.45) is 0 Å². The number of phenolic OH excluding ortho intramolecular Hbond substituents is 1. The van der Waals surface area contributed by atoms with E-state index in [4.69, 9.17) is 17.0 Å². The number of amides is 2. The quantitative estimate of drug-likeness (QED) is 0.322. The molecule has 154 valence electrons. The van der Waals surface area contributed by atoms with Crippen LogP contribution in [-0.2, 0) is 16.0 Å². The van der Waals surface area contributed by atoms with E-state index in [0.29, 0.717) is 29.8 Å². The van der Waals surface area contributed by atoms with Crippen LogP contribution in [0.1, 0.15) is 23.6 Å². The predicted molar refractivity (Wildman–Crippen MR) is 121 cm³/mol. The summed E-state index contributed by atoms with van der Waals surface area (Å²) < 4.78 is 5.50. The summed E-state index contributed by atoms with van der Waals surface area (Å²) in [5.41, 5.74) is 2.59. The van der Waals surface area contributed by atoms with E-state index < -0.39 is 11.8 Å². The van der Waals surface area contributed by atoms with Gasteiger partial charge in [-0.25, -0.2) is 0 Å². The fourth-order valence-corrected chi connectivity index (χ4v) is 3.46. The van der Waals surface area contributed by atoms with Crippen LogP contribution >= 0.6 is 12.2 Å². The highest BCUT2D eigenvalue weighted by Crippen LogP contribution is 2.33. The van der Waals surface area contributed by atoms with Crippen LogP contribution in [0.15, 0.2) is 54.6 Å². The molecule has 0 saturated carbocycles. The number of anilines is 1. The normalized spacial score (nSPS) is 15.3. The monoisotopic (exact) mass is 422 g/mol.